The van der Waals surface area contributed by atoms with Gasteiger partial charge in [0, 0.05) is 0 Å². The molecule has 3 nitrogen and oxygen atoms in total. The molecule has 0 aliphatic carbocycles. The van der Waals surface area contributed by atoms with Crippen molar-refractivity contribution in [1.29, 1.82) is 0 Å². The Hall–Kier alpha value is -0.940. The van der Waals surface area contributed by atoms with E-state index in [0.717, 1.165) is 20.1 Å². The molecule has 2 N–H and O–H groups in total. The molecule has 72 valence electrons. The van der Waals surface area contributed by atoms with E-state index in [1.165, 1.54) is 6.33 Å². The van der Waals surface area contributed by atoms with Gasteiger partial charge in [-0.2, -0.15) is 0 Å². The molecule has 0 bridgehead atoms. The van der Waals surface area contributed by atoms with Crippen LogP contribution >= 0.6 is 27.3 Å². The van der Waals surface area contributed by atoms with E-state index in [2.05, 4.69) is 25.9 Å². The van der Waals surface area contributed by atoms with Gasteiger partial charge < -0.3 is 5.73 Å². The summed E-state index contributed by atoms with van der Waals surface area (Å²) in [5, 5.41) is 0. The largest absolute Gasteiger partial charge is 0.395 e. The summed E-state index contributed by atoms with van der Waals surface area (Å²) in [6, 6.07) is 3.98. The Morgan fingerprint density at radius 2 is 2.14 bits per heavy atom. The highest BCUT2D eigenvalue weighted by Crippen LogP contribution is 2.33. The molecule has 0 saturated carbocycles. The van der Waals surface area contributed by atoms with Crippen LogP contribution in [0.15, 0.2) is 22.2 Å². The van der Waals surface area contributed by atoms with Crippen LogP contribution in [0.5, 0.6) is 0 Å². The quantitative estimate of drug-likeness (QED) is 0.866. The first-order valence-electron chi connectivity index (χ1n) is 4.01. The van der Waals surface area contributed by atoms with E-state index in [9.17, 15) is 0 Å². The van der Waals surface area contributed by atoms with Crippen molar-refractivity contribution >= 4 is 33.0 Å². The molecule has 0 fully saturated rings. The third kappa shape index (κ3) is 1.65. The number of aromatic nitrogens is 2. The van der Waals surface area contributed by atoms with Crippen molar-refractivity contribution in [3.63, 3.8) is 0 Å². The van der Waals surface area contributed by atoms with Gasteiger partial charge in [0.1, 0.15) is 12.0 Å². The Bertz CT molecular complexity index is 467. The highest BCUT2D eigenvalue weighted by Gasteiger charge is 2.08. The summed E-state index contributed by atoms with van der Waals surface area (Å²) in [5.41, 5.74) is 8.18. The Morgan fingerprint density at radius 1 is 1.36 bits per heavy atom. The number of halogens is 1. The fourth-order valence-corrected chi connectivity index (χ4v) is 2.52. The highest BCUT2D eigenvalue weighted by atomic mass is 79.9. The van der Waals surface area contributed by atoms with Crippen molar-refractivity contribution in [3.8, 4) is 10.6 Å². The third-order valence-electron chi connectivity index (χ3n) is 1.89. The fourth-order valence-electron chi connectivity index (χ4n) is 1.12. The van der Waals surface area contributed by atoms with Gasteiger partial charge in [-0.15, -0.1) is 11.3 Å². The van der Waals surface area contributed by atoms with Crippen LogP contribution in [0, 0.1) is 6.92 Å². The van der Waals surface area contributed by atoms with Crippen molar-refractivity contribution in [2.24, 2.45) is 0 Å². The second kappa shape index (κ2) is 3.67. The van der Waals surface area contributed by atoms with Gasteiger partial charge in [0.15, 0.2) is 0 Å². The average molecular weight is 270 g/mol. The molecule has 0 atom stereocenters. The second-order valence-corrected chi connectivity index (χ2v) is 5.29. The maximum Gasteiger partial charge on any atom is 0.116 e. The molecule has 2 heterocycles. The minimum Gasteiger partial charge on any atom is -0.395 e. The lowest BCUT2D eigenvalue weighted by molar-refractivity contribution is 1.12. The van der Waals surface area contributed by atoms with Crippen molar-refractivity contribution in [2.75, 3.05) is 5.73 Å². The number of aryl methyl sites for hydroxylation is 1. The van der Waals surface area contributed by atoms with E-state index in [1.54, 1.807) is 11.3 Å². The van der Waals surface area contributed by atoms with Crippen molar-refractivity contribution in [1.82, 2.24) is 9.97 Å². The summed E-state index contributed by atoms with van der Waals surface area (Å²) in [5.74, 6) is 0. The molecule has 0 aromatic carbocycles. The van der Waals surface area contributed by atoms with E-state index in [0.29, 0.717) is 5.69 Å². The van der Waals surface area contributed by atoms with Crippen LogP contribution in [-0.4, -0.2) is 9.97 Å². The predicted octanol–water partition coefficient (Wildman–Crippen LogP) is 2.86. The number of nitrogen functional groups attached to an aromatic ring is 1. The smallest absolute Gasteiger partial charge is 0.116 e. The molecule has 0 aliphatic rings. The number of hydrogen-bond acceptors (Lipinski definition) is 4. The van der Waals surface area contributed by atoms with Crippen LogP contribution in [0.1, 0.15) is 5.69 Å². The molecule has 0 radical (unpaired) electrons. The lowest BCUT2D eigenvalue weighted by Crippen LogP contribution is -1.97. The van der Waals surface area contributed by atoms with Gasteiger partial charge in [-0.3, -0.25) is 0 Å². The Morgan fingerprint density at radius 3 is 2.79 bits per heavy atom. The summed E-state index contributed by atoms with van der Waals surface area (Å²) in [6.45, 7) is 1.88. The Balaban J connectivity index is 2.57. The van der Waals surface area contributed by atoms with E-state index >= 15 is 0 Å². The molecule has 2 rings (SSSR count). The first-order valence-corrected chi connectivity index (χ1v) is 5.62. The maximum absolute atomic E-state index is 5.89. The second-order valence-electron chi connectivity index (χ2n) is 2.83. The first kappa shape index (κ1) is 9.61. The lowest BCUT2D eigenvalue weighted by Gasteiger charge is -2.03. The first-order chi connectivity index (χ1) is 6.68. The molecule has 0 unspecified atom stereocenters. The number of anilines is 1. The normalized spacial score (nSPS) is 10.4. The summed E-state index contributed by atoms with van der Waals surface area (Å²) in [4.78, 5) is 9.26. The van der Waals surface area contributed by atoms with Crippen molar-refractivity contribution in [2.45, 2.75) is 6.92 Å². The average Bonchev–Trinajstić information content (AvgIpc) is 2.57. The van der Waals surface area contributed by atoms with Gasteiger partial charge in [-0.25, -0.2) is 9.97 Å². The van der Waals surface area contributed by atoms with Gasteiger partial charge in [-0.05, 0) is 35.0 Å². The SMILES string of the molecule is Cc1ncnc(-c2ccc(Br)s2)c1N. The number of thiophene rings is 1. The standard InChI is InChI=1S/C9H8BrN3S/c1-5-8(11)9(13-4-12-5)6-2-3-7(10)14-6/h2-4H,11H2,1H3. The monoisotopic (exact) mass is 269 g/mol. The number of nitrogens with two attached hydrogens (primary N) is 1. The highest BCUT2D eigenvalue weighted by molar-refractivity contribution is 9.11. The zero-order valence-electron chi connectivity index (χ0n) is 7.49. The minimum atomic E-state index is 0.654. The maximum atomic E-state index is 5.89. The molecule has 5 heteroatoms. The summed E-state index contributed by atoms with van der Waals surface area (Å²) < 4.78 is 1.07. The zero-order valence-corrected chi connectivity index (χ0v) is 9.89. The minimum absolute atomic E-state index is 0.654. The van der Waals surface area contributed by atoms with E-state index in [1.807, 2.05) is 19.1 Å². The van der Waals surface area contributed by atoms with Crippen molar-refractivity contribution in [3.05, 3.63) is 27.9 Å². The number of hydrogen-bond donors (Lipinski definition) is 1. The van der Waals surface area contributed by atoms with Gasteiger partial charge in [0.2, 0.25) is 0 Å². The molecule has 0 aliphatic heterocycles. The molecule has 2 aromatic heterocycles. The van der Waals surface area contributed by atoms with Crippen molar-refractivity contribution < 1.29 is 0 Å². The van der Waals surface area contributed by atoms with Crippen LogP contribution in [0.2, 0.25) is 0 Å². The van der Waals surface area contributed by atoms with Gasteiger partial charge in [0.25, 0.3) is 0 Å². The molecular weight excluding hydrogens is 262 g/mol. The predicted molar refractivity (Wildman–Crippen MR) is 62.2 cm³/mol. The van der Waals surface area contributed by atoms with E-state index in [4.69, 9.17) is 5.73 Å². The number of nitrogens with zero attached hydrogens (tertiary/aromatic N) is 2. The molecule has 0 spiro atoms. The van der Waals surface area contributed by atoms with Crippen LogP contribution in [0.25, 0.3) is 10.6 Å². The fraction of sp³-hybridized carbons (Fsp3) is 0.111. The molecule has 2 aromatic rings. The lowest BCUT2D eigenvalue weighted by atomic mass is 10.2. The summed E-state index contributed by atoms with van der Waals surface area (Å²) in [7, 11) is 0. The summed E-state index contributed by atoms with van der Waals surface area (Å²) in [6.07, 6.45) is 1.54. The van der Waals surface area contributed by atoms with Crippen LogP contribution in [0.3, 0.4) is 0 Å². The van der Waals surface area contributed by atoms with Crippen LogP contribution < -0.4 is 5.73 Å². The molecular formula is C9H8BrN3S. The number of rotatable bonds is 1. The molecule has 14 heavy (non-hydrogen) atoms. The Kier molecular flexibility index (Phi) is 2.52. The topological polar surface area (TPSA) is 51.8 Å². The van der Waals surface area contributed by atoms with Gasteiger partial charge in [0.05, 0.1) is 20.0 Å². The van der Waals surface area contributed by atoms with Gasteiger partial charge >= 0.3 is 0 Å². The third-order valence-corrected chi connectivity index (χ3v) is 3.52. The summed E-state index contributed by atoms with van der Waals surface area (Å²) >= 11 is 5.02. The molecule has 0 saturated heterocycles. The van der Waals surface area contributed by atoms with Crippen LogP contribution in [-0.2, 0) is 0 Å². The molecule has 0 amide bonds. The van der Waals surface area contributed by atoms with E-state index < -0.39 is 0 Å². The van der Waals surface area contributed by atoms with E-state index in [-0.39, 0.29) is 0 Å². The van der Waals surface area contributed by atoms with Crippen LogP contribution in [0.4, 0.5) is 5.69 Å². The zero-order chi connectivity index (χ0) is 10.1. The van der Waals surface area contributed by atoms with Gasteiger partial charge in [-0.1, -0.05) is 0 Å². The Labute approximate surface area is 94.1 Å².